The van der Waals surface area contributed by atoms with E-state index in [4.69, 9.17) is 23.2 Å². The summed E-state index contributed by atoms with van der Waals surface area (Å²) in [5.74, 6) is -0.619. The second kappa shape index (κ2) is 9.92. The summed E-state index contributed by atoms with van der Waals surface area (Å²) in [7, 11) is 1.71. The summed E-state index contributed by atoms with van der Waals surface area (Å²) in [5, 5.41) is 14.4. The molecule has 1 aromatic heterocycles. The molecule has 3 rings (SSSR count). The van der Waals surface area contributed by atoms with Crippen molar-refractivity contribution in [2.24, 2.45) is 7.05 Å². The Morgan fingerprint density at radius 3 is 2.40 bits per heavy atom. The molecule has 0 radical (unpaired) electrons. The smallest absolute Gasteiger partial charge is 0.234 e. The van der Waals surface area contributed by atoms with Crippen LogP contribution in [0.5, 0.6) is 0 Å². The molecule has 0 atom stereocenters. The van der Waals surface area contributed by atoms with E-state index in [9.17, 15) is 14.0 Å². The number of halogens is 3. The zero-order valence-electron chi connectivity index (χ0n) is 15.7. The molecule has 7 nitrogen and oxygen atoms in total. The highest BCUT2D eigenvalue weighted by atomic mass is 35.5. The average molecular weight is 468 g/mol. The molecule has 0 bridgehead atoms. The number of hydrogen-bond donors (Lipinski definition) is 2. The van der Waals surface area contributed by atoms with Gasteiger partial charge in [-0.1, -0.05) is 35.0 Å². The Morgan fingerprint density at radius 2 is 1.70 bits per heavy atom. The second-order valence-corrected chi connectivity index (χ2v) is 7.94. The van der Waals surface area contributed by atoms with Gasteiger partial charge in [0, 0.05) is 23.4 Å². The fourth-order valence-corrected chi connectivity index (χ4v) is 3.44. The molecule has 0 aliphatic carbocycles. The highest BCUT2D eigenvalue weighted by Gasteiger charge is 2.15. The minimum Gasteiger partial charge on any atom is -0.326 e. The third-order valence-electron chi connectivity index (χ3n) is 3.91. The Kier molecular flexibility index (Phi) is 7.30. The Bertz CT molecular complexity index is 1080. The van der Waals surface area contributed by atoms with Gasteiger partial charge in [0.25, 0.3) is 0 Å². The number of rotatable bonds is 7. The lowest BCUT2D eigenvalue weighted by molar-refractivity contribution is -0.116. The fourth-order valence-electron chi connectivity index (χ4n) is 2.41. The number of anilines is 2. The van der Waals surface area contributed by atoms with Crippen LogP contribution in [-0.4, -0.2) is 32.3 Å². The van der Waals surface area contributed by atoms with Crippen molar-refractivity contribution in [3.63, 3.8) is 0 Å². The maximum Gasteiger partial charge on any atom is 0.234 e. The van der Waals surface area contributed by atoms with Crippen molar-refractivity contribution < 1.29 is 14.0 Å². The van der Waals surface area contributed by atoms with Gasteiger partial charge in [0.05, 0.1) is 17.2 Å². The number of nitrogens with zero attached hydrogens (tertiary/aromatic N) is 3. The molecule has 0 aliphatic heterocycles. The lowest BCUT2D eigenvalue weighted by Gasteiger charge is -2.07. The number of carbonyl (C=O) groups is 2. The van der Waals surface area contributed by atoms with Crippen LogP contribution < -0.4 is 10.6 Å². The van der Waals surface area contributed by atoms with Crippen LogP contribution in [-0.2, 0) is 23.1 Å². The summed E-state index contributed by atoms with van der Waals surface area (Å²) < 4.78 is 14.8. The molecule has 0 spiro atoms. The molecule has 3 aromatic rings. The van der Waals surface area contributed by atoms with E-state index < -0.39 is 5.82 Å². The maximum atomic E-state index is 13.2. The molecule has 1 heterocycles. The monoisotopic (exact) mass is 467 g/mol. The van der Waals surface area contributed by atoms with Crippen LogP contribution in [0.3, 0.4) is 0 Å². The van der Waals surface area contributed by atoms with Gasteiger partial charge in [0.2, 0.25) is 11.8 Å². The molecule has 0 saturated heterocycles. The number of carbonyl (C=O) groups excluding carboxylic acids is 2. The number of benzene rings is 2. The lowest BCUT2D eigenvalue weighted by Crippen LogP contribution is -2.17. The summed E-state index contributed by atoms with van der Waals surface area (Å²) in [5.41, 5.74) is 1.02. The molecule has 2 aromatic carbocycles. The van der Waals surface area contributed by atoms with E-state index in [-0.39, 0.29) is 29.0 Å². The van der Waals surface area contributed by atoms with Gasteiger partial charge in [-0.15, -0.1) is 10.2 Å². The normalized spacial score (nSPS) is 10.7. The predicted molar refractivity (Wildman–Crippen MR) is 116 cm³/mol. The van der Waals surface area contributed by atoms with Crippen molar-refractivity contribution in [1.29, 1.82) is 0 Å². The Morgan fingerprint density at radius 1 is 1.03 bits per heavy atom. The third kappa shape index (κ3) is 5.94. The first-order chi connectivity index (χ1) is 14.3. The van der Waals surface area contributed by atoms with Gasteiger partial charge < -0.3 is 15.2 Å². The minimum atomic E-state index is -0.559. The molecule has 0 unspecified atom stereocenters. The average Bonchev–Trinajstić information content (AvgIpc) is 3.04. The van der Waals surface area contributed by atoms with Crippen LogP contribution in [0.15, 0.2) is 47.6 Å². The van der Waals surface area contributed by atoms with E-state index >= 15 is 0 Å². The van der Waals surface area contributed by atoms with Crippen molar-refractivity contribution in [1.82, 2.24) is 14.8 Å². The topological polar surface area (TPSA) is 88.9 Å². The van der Waals surface area contributed by atoms with Crippen molar-refractivity contribution in [2.45, 2.75) is 11.6 Å². The zero-order valence-corrected chi connectivity index (χ0v) is 18.0. The maximum absolute atomic E-state index is 13.2. The summed E-state index contributed by atoms with van der Waals surface area (Å²) >= 11 is 12.7. The van der Waals surface area contributed by atoms with Crippen LogP contribution in [0.1, 0.15) is 5.82 Å². The van der Waals surface area contributed by atoms with E-state index in [1.54, 1.807) is 35.9 Å². The number of aromatic nitrogens is 3. The van der Waals surface area contributed by atoms with Crippen LogP contribution in [0.4, 0.5) is 15.8 Å². The molecule has 0 fully saturated rings. The number of thioether (sulfide) groups is 1. The van der Waals surface area contributed by atoms with Crippen molar-refractivity contribution in [3.05, 3.63) is 64.2 Å². The van der Waals surface area contributed by atoms with Gasteiger partial charge in [-0.2, -0.15) is 0 Å². The van der Waals surface area contributed by atoms with E-state index in [1.165, 1.54) is 18.2 Å². The van der Waals surface area contributed by atoms with Gasteiger partial charge in [-0.3, -0.25) is 9.59 Å². The van der Waals surface area contributed by atoms with Crippen LogP contribution in [0.25, 0.3) is 0 Å². The van der Waals surface area contributed by atoms with Gasteiger partial charge in [0.1, 0.15) is 11.6 Å². The number of hydrogen-bond acceptors (Lipinski definition) is 5. The largest absolute Gasteiger partial charge is 0.326 e. The summed E-state index contributed by atoms with van der Waals surface area (Å²) in [6, 6.07) is 10.7. The lowest BCUT2D eigenvalue weighted by atomic mass is 10.3. The highest BCUT2D eigenvalue weighted by Crippen LogP contribution is 2.21. The molecule has 30 heavy (non-hydrogen) atoms. The molecule has 2 N–H and O–H groups in total. The van der Waals surface area contributed by atoms with Gasteiger partial charge in [-0.25, -0.2) is 4.39 Å². The molecule has 11 heteroatoms. The Balaban J connectivity index is 1.53. The van der Waals surface area contributed by atoms with E-state index in [0.29, 0.717) is 27.4 Å². The Labute approximate surface area is 186 Å². The molecule has 0 aliphatic rings. The van der Waals surface area contributed by atoms with Crippen molar-refractivity contribution in [3.8, 4) is 0 Å². The molecular weight excluding hydrogens is 452 g/mol. The molecule has 156 valence electrons. The van der Waals surface area contributed by atoms with Gasteiger partial charge in [-0.05, 0) is 42.5 Å². The van der Waals surface area contributed by atoms with E-state index in [0.717, 1.165) is 11.8 Å². The SMILES string of the molecule is Cn1c(CC(=O)Nc2ccc(Cl)cc2)nnc1SCC(=O)Nc1ccc(F)c(Cl)c1. The quantitative estimate of drug-likeness (QED) is 0.508. The molecule has 0 saturated carbocycles. The second-order valence-electron chi connectivity index (χ2n) is 6.16. The first-order valence-electron chi connectivity index (χ1n) is 8.63. The number of amides is 2. The van der Waals surface area contributed by atoms with Crippen LogP contribution in [0.2, 0.25) is 10.0 Å². The zero-order chi connectivity index (χ0) is 21.7. The van der Waals surface area contributed by atoms with Crippen molar-refractivity contribution >= 4 is 58.2 Å². The first kappa shape index (κ1) is 22.1. The fraction of sp³-hybridized carbons (Fsp3) is 0.158. The van der Waals surface area contributed by atoms with E-state index in [1.807, 2.05) is 0 Å². The first-order valence-corrected chi connectivity index (χ1v) is 10.4. The van der Waals surface area contributed by atoms with Crippen LogP contribution >= 0.6 is 35.0 Å². The summed E-state index contributed by atoms with van der Waals surface area (Å²) in [6.07, 6.45) is 0.0208. The van der Waals surface area contributed by atoms with Gasteiger partial charge >= 0.3 is 0 Å². The highest BCUT2D eigenvalue weighted by molar-refractivity contribution is 7.99. The standard InChI is InChI=1S/C19H16Cl2FN5O2S/c1-27-16(9-17(28)23-12-4-2-11(20)3-5-12)25-26-19(27)30-10-18(29)24-13-6-7-15(22)14(21)8-13/h2-8H,9-10H2,1H3,(H,23,28)(H,24,29). The summed E-state index contributed by atoms with van der Waals surface area (Å²) in [6.45, 7) is 0. The van der Waals surface area contributed by atoms with Crippen LogP contribution in [0, 0.1) is 5.82 Å². The number of nitrogens with one attached hydrogen (secondary N) is 2. The van der Waals surface area contributed by atoms with E-state index in [2.05, 4.69) is 20.8 Å². The predicted octanol–water partition coefficient (Wildman–Crippen LogP) is 4.17. The third-order valence-corrected chi connectivity index (χ3v) is 5.47. The van der Waals surface area contributed by atoms with Gasteiger partial charge in [0.15, 0.2) is 5.16 Å². The summed E-state index contributed by atoms with van der Waals surface area (Å²) in [4.78, 5) is 24.3. The Hall–Kier alpha value is -2.62. The minimum absolute atomic E-state index is 0.0208. The molecular formula is C19H16Cl2FN5O2S. The molecule has 2 amide bonds. The van der Waals surface area contributed by atoms with Crippen molar-refractivity contribution in [2.75, 3.05) is 16.4 Å².